The summed E-state index contributed by atoms with van der Waals surface area (Å²) in [5.74, 6) is -0.0790. The van der Waals surface area contributed by atoms with Crippen molar-refractivity contribution in [3.8, 4) is 6.07 Å². The van der Waals surface area contributed by atoms with Crippen LogP contribution in [0.3, 0.4) is 0 Å². The van der Waals surface area contributed by atoms with E-state index in [2.05, 4.69) is 15.6 Å². The minimum atomic E-state index is -1.03. The van der Waals surface area contributed by atoms with Crippen molar-refractivity contribution < 1.29 is 9.90 Å². The number of aromatic carboxylic acids is 1. The van der Waals surface area contributed by atoms with Crippen LogP contribution in [-0.2, 0) is 13.1 Å². The number of carboxylic acid groups (broad SMARTS) is 1. The number of aromatic nitrogens is 2. The van der Waals surface area contributed by atoms with Crippen LogP contribution in [0.15, 0.2) is 30.6 Å². The fourth-order valence-corrected chi connectivity index (χ4v) is 2.41. The molecule has 1 aliphatic rings. The molecule has 0 saturated heterocycles. The van der Waals surface area contributed by atoms with E-state index in [4.69, 9.17) is 5.11 Å². The molecular formula is C14H12N4O2. The summed E-state index contributed by atoms with van der Waals surface area (Å²) in [4.78, 5) is 17.3. The van der Waals surface area contributed by atoms with Gasteiger partial charge in [0.1, 0.15) is 11.9 Å². The third-order valence-corrected chi connectivity index (χ3v) is 3.45. The lowest BCUT2D eigenvalue weighted by atomic mass is 10.1. The van der Waals surface area contributed by atoms with Gasteiger partial charge in [-0.25, -0.2) is 9.78 Å². The number of nitriles is 1. The standard InChI is InChI=1S/C14H12N4O2/c15-8-11-7-10(14(19)20)1-2-12(11)18-6-5-17-4-3-16-13(17)9-18/h1-4,7H,5-6,9H2,(H,19,20). The van der Waals surface area contributed by atoms with Crippen molar-refractivity contribution in [1.82, 2.24) is 9.55 Å². The van der Waals surface area contributed by atoms with Gasteiger partial charge >= 0.3 is 5.97 Å². The topological polar surface area (TPSA) is 82.1 Å². The molecule has 1 aromatic heterocycles. The lowest BCUT2D eigenvalue weighted by molar-refractivity contribution is 0.0697. The van der Waals surface area contributed by atoms with Crippen molar-refractivity contribution in [3.63, 3.8) is 0 Å². The van der Waals surface area contributed by atoms with Crippen LogP contribution >= 0.6 is 0 Å². The Kier molecular flexibility index (Phi) is 2.88. The smallest absolute Gasteiger partial charge is 0.335 e. The summed E-state index contributed by atoms with van der Waals surface area (Å²) >= 11 is 0. The van der Waals surface area contributed by atoms with Gasteiger partial charge < -0.3 is 14.6 Å². The number of carboxylic acids is 1. The van der Waals surface area contributed by atoms with Gasteiger partial charge in [-0.1, -0.05) is 0 Å². The van der Waals surface area contributed by atoms with Crippen molar-refractivity contribution in [2.75, 3.05) is 11.4 Å². The molecule has 1 N–H and O–H groups in total. The van der Waals surface area contributed by atoms with Crippen molar-refractivity contribution in [2.45, 2.75) is 13.1 Å². The third kappa shape index (κ3) is 1.99. The minimum Gasteiger partial charge on any atom is -0.478 e. The Morgan fingerprint density at radius 2 is 2.25 bits per heavy atom. The summed E-state index contributed by atoms with van der Waals surface area (Å²) in [6.45, 7) is 2.19. The Labute approximate surface area is 115 Å². The van der Waals surface area contributed by atoms with Gasteiger partial charge in [0.2, 0.25) is 0 Å². The van der Waals surface area contributed by atoms with E-state index in [1.807, 2.05) is 11.1 Å². The highest BCUT2D eigenvalue weighted by Crippen LogP contribution is 2.25. The Morgan fingerprint density at radius 1 is 1.40 bits per heavy atom. The van der Waals surface area contributed by atoms with Crippen molar-refractivity contribution in [1.29, 1.82) is 5.26 Å². The Balaban J connectivity index is 1.95. The SMILES string of the molecule is N#Cc1cc(C(=O)O)ccc1N1CCn2ccnc2C1. The van der Waals surface area contributed by atoms with E-state index in [1.54, 1.807) is 12.3 Å². The zero-order valence-electron chi connectivity index (χ0n) is 10.7. The van der Waals surface area contributed by atoms with E-state index in [0.29, 0.717) is 12.1 Å². The minimum absolute atomic E-state index is 0.129. The van der Waals surface area contributed by atoms with Crippen molar-refractivity contribution in [3.05, 3.63) is 47.5 Å². The molecule has 0 atom stereocenters. The zero-order chi connectivity index (χ0) is 14.1. The fraction of sp³-hybridized carbons (Fsp3) is 0.214. The van der Waals surface area contributed by atoms with Gasteiger partial charge in [0.15, 0.2) is 0 Å². The Hall–Kier alpha value is -2.81. The van der Waals surface area contributed by atoms with Crippen LogP contribution in [0, 0.1) is 11.3 Å². The van der Waals surface area contributed by atoms with E-state index in [-0.39, 0.29) is 5.56 Å². The van der Waals surface area contributed by atoms with E-state index in [0.717, 1.165) is 24.6 Å². The van der Waals surface area contributed by atoms with Crippen LogP contribution in [0.2, 0.25) is 0 Å². The molecule has 0 saturated carbocycles. The number of rotatable bonds is 2. The lowest BCUT2D eigenvalue weighted by Gasteiger charge is -2.30. The molecule has 0 spiro atoms. The maximum Gasteiger partial charge on any atom is 0.335 e. The van der Waals surface area contributed by atoms with Gasteiger partial charge in [0.25, 0.3) is 0 Å². The number of benzene rings is 1. The molecule has 1 aliphatic heterocycles. The molecule has 100 valence electrons. The van der Waals surface area contributed by atoms with Crippen LogP contribution in [0.5, 0.6) is 0 Å². The second kappa shape index (κ2) is 4.70. The van der Waals surface area contributed by atoms with E-state index in [1.165, 1.54) is 12.1 Å². The van der Waals surface area contributed by atoms with Gasteiger partial charge in [-0.15, -0.1) is 0 Å². The van der Waals surface area contributed by atoms with E-state index >= 15 is 0 Å². The number of anilines is 1. The predicted molar refractivity (Wildman–Crippen MR) is 71.4 cm³/mol. The molecule has 2 heterocycles. The Morgan fingerprint density at radius 3 is 3.00 bits per heavy atom. The molecule has 6 nitrogen and oxygen atoms in total. The summed E-state index contributed by atoms with van der Waals surface area (Å²) in [6, 6.07) is 6.71. The van der Waals surface area contributed by atoms with E-state index < -0.39 is 5.97 Å². The molecule has 0 aliphatic carbocycles. The molecule has 2 aromatic rings. The summed E-state index contributed by atoms with van der Waals surface area (Å²) in [6.07, 6.45) is 3.70. The number of fused-ring (bicyclic) bond motifs is 1. The summed E-state index contributed by atoms with van der Waals surface area (Å²) in [5, 5.41) is 18.2. The highest BCUT2D eigenvalue weighted by molar-refractivity contribution is 5.89. The van der Waals surface area contributed by atoms with Gasteiger partial charge in [0, 0.05) is 25.5 Å². The summed E-state index contributed by atoms with van der Waals surface area (Å²) in [7, 11) is 0. The van der Waals surface area contributed by atoms with Crippen molar-refractivity contribution in [2.24, 2.45) is 0 Å². The highest BCUT2D eigenvalue weighted by Gasteiger charge is 2.20. The molecular weight excluding hydrogens is 256 g/mol. The molecule has 1 aromatic carbocycles. The maximum absolute atomic E-state index is 10.9. The maximum atomic E-state index is 10.9. The van der Waals surface area contributed by atoms with Crippen LogP contribution < -0.4 is 4.90 Å². The molecule has 0 fully saturated rings. The van der Waals surface area contributed by atoms with Crippen LogP contribution in [-0.4, -0.2) is 27.2 Å². The van der Waals surface area contributed by atoms with Crippen LogP contribution in [0.4, 0.5) is 5.69 Å². The predicted octanol–water partition coefficient (Wildman–Crippen LogP) is 1.47. The second-order valence-corrected chi connectivity index (χ2v) is 4.61. The van der Waals surface area contributed by atoms with Gasteiger partial charge in [-0.05, 0) is 18.2 Å². The van der Waals surface area contributed by atoms with Gasteiger partial charge in [-0.3, -0.25) is 0 Å². The highest BCUT2D eigenvalue weighted by atomic mass is 16.4. The lowest BCUT2D eigenvalue weighted by Crippen LogP contribution is -2.34. The number of hydrogen-bond acceptors (Lipinski definition) is 4. The first-order valence-corrected chi connectivity index (χ1v) is 6.21. The third-order valence-electron chi connectivity index (χ3n) is 3.45. The fourth-order valence-electron chi connectivity index (χ4n) is 2.41. The summed E-state index contributed by atoms with van der Waals surface area (Å²) in [5.41, 5.74) is 1.26. The number of imidazole rings is 1. The first-order chi connectivity index (χ1) is 9.69. The van der Waals surface area contributed by atoms with Crippen LogP contribution in [0.1, 0.15) is 21.7 Å². The quantitative estimate of drug-likeness (QED) is 0.891. The van der Waals surface area contributed by atoms with Gasteiger partial charge in [-0.2, -0.15) is 5.26 Å². The van der Waals surface area contributed by atoms with Crippen LogP contribution in [0.25, 0.3) is 0 Å². The number of hydrogen-bond donors (Lipinski definition) is 1. The first-order valence-electron chi connectivity index (χ1n) is 6.21. The van der Waals surface area contributed by atoms with Crippen molar-refractivity contribution >= 4 is 11.7 Å². The first kappa shape index (κ1) is 12.2. The monoisotopic (exact) mass is 268 g/mol. The summed E-state index contributed by atoms with van der Waals surface area (Å²) < 4.78 is 2.08. The molecule has 20 heavy (non-hydrogen) atoms. The number of carbonyl (C=O) groups is 1. The van der Waals surface area contributed by atoms with Gasteiger partial charge in [0.05, 0.1) is 23.4 Å². The normalized spacial score (nSPS) is 13.7. The average molecular weight is 268 g/mol. The number of nitrogens with zero attached hydrogens (tertiary/aromatic N) is 4. The molecule has 3 rings (SSSR count). The molecule has 0 radical (unpaired) electrons. The average Bonchev–Trinajstić information content (AvgIpc) is 2.93. The molecule has 6 heteroatoms. The Bertz CT molecular complexity index is 714. The second-order valence-electron chi connectivity index (χ2n) is 4.61. The molecule has 0 bridgehead atoms. The molecule has 0 amide bonds. The molecule has 0 unspecified atom stereocenters. The van der Waals surface area contributed by atoms with E-state index in [9.17, 15) is 10.1 Å². The zero-order valence-corrected chi connectivity index (χ0v) is 10.7. The largest absolute Gasteiger partial charge is 0.478 e.